The van der Waals surface area contributed by atoms with Crippen LogP contribution in [-0.2, 0) is 19.0 Å². The number of aromatic nitrogens is 1. The topological polar surface area (TPSA) is 228 Å². The molecule has 0 unspecified atom stereocenters. The number of anilines is 2. The maximum atomic E-state index is 14.9. The van der Waals surface area contributed by atoms with Gasteiger partial charge in [-0.3, -0.25) is 19.6 Å². The highest BCUT2D eigenvalue weighted by Crippen LogP contribution is 2.50. The number of aromatic hydroxyl groups is 2. The number of Topliss-reactive ketones (excluding diaryl/α,β-unsaturated/α-hetero) is 1. The number of piperidine rings is 1. The number of hydrogen-bond donors (Lipinski definition) is 5. The summed E-state index contributed by atoms with van der Waals surface area (Å²) in [7, 11) is 1.49. The number of likely N-dealkylation sites (tertiary alicyclic amines) is 1. The molecule has 1 aromatic heterocycles. The minimum atomic E-state index is -1.99. The predicted molar refractivity (Wildman–Crippen MR) is 268 cm³/mol. The number of fused-ring (bicyclic) bond motifs is 13. The summed E-state index contributed by atoms with van der Waals surface area (Å²) in [6, 6.07) is 0. The van der Waals surface area contributed by atoms with E-state index in [1.165, 1.54) is 31.6 Å². The van der Waals surface area contributed by atoms with Crippen LogP contribution in [0.1, 0.15) is 84.2 Å². The Morgan fingerprint density at radius 1 is 0.930 bits per heavy atom. The third kappa shape index (κ3) is 9.87. The number of thiazole rings is 1. The molecule has 3 aromatic rings. The monoisotopic (exact) mass is 999 g/mol. The van der Waals surface area contributed by atoms with Crippen LogP contribution in [0, 0.1) is 36.5 Å². The van der Waals surface area contributed by atoms with E-state index in [0.717, 1.165) is 11.7 Å². The number of nitrogens with zero attached hydrogens (tertiary/aromatic N) is 6. The van der Waals surface area contributed by atoms with E-state index in [1.807, 2.05) is 12.3 Å². The van der Waals surface area contributed by atoms with E-state index >= 15 is 0 Å². The molecule has 2 saturated heterocycles. The van der Waals surface area contributed by atoms with E-state index in [2.05, 4.69) is 33.9 Å². The molecule has 5 N–H and O–H groups in total. The molecule has 384 valence electrons. The van der Waals surface area contributed by atoms with Gasteiger partial charge in [0.05, 0.1) is 40.9 Å². The zero-order valence-corrected chi connectivity index (χ0v) is 43.2. The number of hydrogen-bond acceptors (Lipinski definition) is 17. The number of phenols is 2. The Labute approximate surface area is 418 Å². The number of allylic oxidation sites excluding steroid dienone is 2. The zero-order chi connectivity index (χ0) is 51.3. The van der Waals surface area contributed by atoms with Crippen molar-refractivity contribution in [2.45, 2.75) is 111 Å². The lowest BCUT2D eigenvalue weighted by Crippen LogP contribution is -2.52. The van der Waals surface area contributed by atoms with Crippen molar-refractivity contribution in [2.24, 2.45) is 39.6 Å². The average molecular weight is 1000 g/mol. The Kier molecular flexibility index (Phi) is 14.9. The molecule has 1 spiro atoms. The molecule has 0 saturated carbocycles. The van der Waals surface area contributed by atoms with Gasteiger partial charge in [-0.25, -0.2) is 9.78 Å². The second kappa shape index (κ2) is 20.5. The Hall–Kier alpha value is -5.60. The lowest BCUT2D eigenvalue weighted by molar-refractivity contribution is -0.112. The van der Waals surface area contributed by atoms with Gasteiger partial charge in [-0.15, -0.1) is 11.3 Å². The SMILES string of the molecule is CO[C@H]1/C=C/O[C@@]2(C)Oc3c(C)c(O)c4c(O)c(c5c(c4c3C2=O)=NC2(CCN(CC(C)C)CC2)N=5)NC(=O)/C(C)=C\C=C\[C@H](C)[C@H](O)[C@@H](C)[C@@H](O)[C@@H](C)[C@H](OC(=O)N2CCN(c3nccs3)CC2)[C@@H]1C. The molecule has 6 aliphatic heterocycles. The number of piperazine rings is 1. The number of aliphatic hydroxyl groups is 2. The molecule has 19 heteroatoms. The van der Waals surface area contributed by atoms with Gasteiger partial charge in [-0.05, 0) is 25.8 Å². The molecular formula is C52H69N7O11S. The second-order valence-corrected chi connectivity index (χ2v) is 21.4. The van der Waals surface area contributed by atoms with Crippen LogP contribution in [0.3, 0.4) is 0 Å². The summed E-state index contributed by atoms with van der Waals surface area (Å²) in [5.74, 6) is -6.14. The average Bonchev–Trinajstić information content (AvgIpc) is 4.09. The molecule has 6 aliphatic rings. The summed E-state index contributed by atoms with van der Waals surface area (Å²) in [6.45, 7) is 20.2. The Bertz CT molecular complexity index is 2750. The summed E-state index contributed by atoms with van der Waals surface area (Å²) in [5, 5.41) is 53.9. The van der Waals surface area contributed by atoms with Gasteiger partial charge >= 0.3 is 11.9 Å². The number of rotatable bonds is 5. The minimum absolute atomic E-state index is 0.0314. The molecule has 5 bridgehead atoms. The third-order valence-corrected chi connectivity index (χ3v) is 15.9. The summed E-state index contributed by atoms with van der Waals surface area (Å²) < 4.78 is 24.9. The van der Waals surface area contributed by atoms with Crippen LogP contribution in [-0.4, -0.2) is 142 Å². The van der Waals surface area contributed by atoms with Gasteiger partial charge in [-0.1, -0.05) is 59.8 Å². The van der Waals surface area contributed by atoms with Crippen molar-refractivity contribution in [3.63, 3.8) is 0 Å². The zero-order valence-electron chi connectivity index (χ0n) is 42.3. The van der Waals surface area contributed by atoms with Crippen LogP contribution in [0.15, 0.2) is 57.7 Å². The van der Waals surface area contributed by atoms with E-state index in [0.29, 0.717) is 58.0 Å². The fourth-order valence-electron chi connectivity index (χ4n) is 10.7. The number of amides is 2. The van der Waals surface area contributed by atoms with Crippen molar-refractivity contribution >= 4 is 50.7 Å². The number of ketones is 1. The van der Waals surface area contributed by atoms with Gasteiger partial charge in [0.25, 0.3) is 11.7 Å². The maximum absolute atomic E-state index is 14.9. The van der Waals surface area contributed by atoms with Crippen molar-refractivity contribution in [3.05, 3.63) is 69.6 Å². The van der Waals surface area contributed by atoms with Crippen LogP contribution in [0.5, 0.6) is 17.2 Å². The van der Waals surface area contributed by atoms with Crippen LogP contribution >= 0.6 is 11.3 Å². The van der Waals surface area contributed by atoms with E-state index in [9.17, 15) is 34.8 Å². The van der Waals surface area contributed by atoms with Crippen LogP contribution < -0.4 is 25.7 Å². The maximum Gasteiger partial charge on any atom is 0.410 e. The smallest absolute Gasteiger partial charge is 0.410 e. The van der Waals surface area contributed by atoms with Crippen LogP contribution in [0.2, 0.25) is 0 Å². The quantitative estimate of drug-likeness (QED) is 0.196. The highest BCUT2D eigenvalue weighted by Gasteiger charge is 2.50. The predicted octanol–water partition coefficient (Wildman–Crippen LogP) is 5.60. The first kappa shape index (κ1) is 51.7. The number of nitrogens with one attached hydrogen (secondary N) is 1. The van der Waals surface area contributed by atoms with E-state index in [-0.39, 0.29) is 55.4 Å². The molecule has 9 atom stereocenters. The van der Waals surface area contributed by atoms with Crippen LogP contribution in [0.25, 0.3) is 10.8 Å². The lowest BCUT2D eigenvalue weighted by Gasteiger charge is -2.40. The van der Waals surface area contributed by atoms with E-state index < -0.39 is 83.1 Å². The fourth-order valence-corrected chi connectivity index (χ4v) is 11.3. The van der Waals surface area contributed by atoms with Gasteiger partial charge in [0, 0.05) is 124 Å². The molecular weight excluding hydrogens is 931 g/mol. The number of aliphatic hydroxyl groups excluding tert-OH is 2. The number of carbonyl (C=O) groups is 3. The normalized spacial score (nSPS) is 31.1. The number of phenolic OH excluding ortho intramolecular Hbond substituents is 2. The van der Waals surface area contributed by atoms with Crippen molar-refractivity contribution in [3.8, 4) is 17.2 Å². The summed E-state index contributed by atoms with van der Waals surface area (Å²) in [5.41, 5.74) is -0.605. The Balaban J connectivity index is 1.20. The molecule has 7 heterocycles. The highest BCUT2D eigenvalue weighted by molar-refractivity contribution is 7.13. The van der Waals surface area contributed by atoms with Crippen molar-refractivity contribution in [1.82, 2.24) is 14.8 Å². The first-order chi connectivity index (χ1) is 33.7. The van der Waals surface area contributed by atoms with Gasteiger partial charge in [0.15, 0.2) is 16.5 Å². The summed E-state index contributed by atoms with van der Waals surface area (Å²) in [6.07, 6.45) is 6.06. The van der Waals surface area contributed by atoms with E-state index in [1.54, 1.807) is 70.0 Å². The number of methoxy groups -OCH3 is 1. The van der Waals surface area contributed by atoms with Gasteiger partial charge < -0.3 is 59.4 Å². The molecule has 2 fully saturated rings. The summed E-state index contributed by atoms with van der Waals surface area (Å²) in [4.78, 5) is 63.9. The first-order valence-corrected chi connectivity index (χ1v) is 25.6. The molecule has 0 aliphatic carbocycles. The van der Waals surface area contributed by atoms with Gasteiger partial charge in [-0.2, -0.15) is 0 Å². The van der Waals surface area contributed by atoms with Gasteiger partial charge in [0.1, 0.15) is 28.6 Å². The van der Waals surface area contributed by atoms with Crippen molar-refractivity contribution < 1.29 is 53.8 Å². The minimum Gasteiger partial charge on any atom is -0.507 e. The number of ether oxygens (including phenoxy) is 4. The molecule has 2 amide bonds. The van der Waals surface area contributed by atoms with Crippen LogP contribution in [0.4, 0.5) is 15.6 Å². The Morgan fingerprint density at radius 2 is 1.62 bits per heavy atom. The molecule has 18 nitrogen and oxygen atoms in total. The highest BCUT2D eigenvalue weighted by atomic mass is 32.1. The number of carbonyl (C=O) groups excluding carboxylic acids is 3. The molecule has 9 rings (SSSR count). The molecule has 71 heavy (non-hydrogen) atoms. The van der Waals surface area contributed by atoms with Crippen molar-refractivity contribution in [2.75, 3.05) is 63.1 Å². The first-order valence-electron chi connectivity index (χ1n) is 24.7. The fraction of sp³-hybridized carbons (Fsp3) is 0.577. The summed E-state index contributed by atoms with van der Waals surface area (Å²) >= 11 is 1.53. The molecule has 2 aromatic carbocycles. The van der Waals surface area contributed by atoms with Gasteiger partial charge in [0.2, 0.25) is 0 Å². The largest absolute Gasteiger partial charge is 0.507 e. The lowest BCUT2D eigenvalue weighted by atomic mass is 9.78. The second-order valence-electron chi connectivity index (χ2n) is 20.5. The number of benzene rings is 2. The third-order valence-electron chi connectivity index (χ3n) is 15.1. The Morgan fingerprint density at radius 3 is 2.27 bits per heavy atom. The standard InChI is InChI=1S/C52H69N7O11S/c1-27(2)26-57-18-15-52(16-19-57)55-38-35-36-43(62)33(8)46-37(35)47(64)51(9,70-46)68-24-14-34(67-10)30(5)45(69-50(66)59-22-20-58(21-23-59)49-53-17-25-71-49)32(7)42(61)31(6)41(60)28(3)12-11-13-29(4)48(65)54-40(44(36)63)39(38)56-52/h11-14,17,24-25,27-28,30-32,34,41-42,45,60-63H,15-16,18-23,26H2,1-10H3,(H,54,65)/b12-11+,24-14+,29-13-/t28-,30+,31+,32+,34-,41-,42+,45+,51-/m0/s1. The van der Waals surface area contributed by atoms with E-state index in [4.69, 9.17) is 28.9 Å². The van der Waals surface area contributed by atoms with Crippen molar-refractivity contribution in [1.29, 1.82) is 0 Å². The molecule has 0 radical (unpaired) electrons.